The highest BCUT2D eigenvalue weighted by Gasteiger charge is 1.98. The van der Waals surface area contributed by atoms with Gasteiger partial charge >= 0.3 is 0 Å². The van der Waals surface area contributed by atoms with Crippen molar-refractivity contribution in [2.24, 2.45) is 0 Å². The fraction of sp³-hybridized carbons (Fsp3) is 0.125. The molecule has 1 N–H and O–H groups in total. The number of hydrogen-bond acceptors (Lipinski definition) is 2. The first-order valence-corrected chi connectivity index (χ1v) is 3.35. The van der Waals surface area contributed by atoms with Crippen LogP contribution in [0, 0.1) is 6.20 Å². The number of aliphatic hydroxyl groups excluding tert-OH is 1. The van der Waals surface area contributed by atoms with Crippen LogP contribution < -0.4 is 0 Å². The molecule has 0 atom stereocenters. The predicted octanol–water partition coefficient (Wildman–Crippen LogP) is 0.627. The molecule has 0 fully saturated rings. The van der Waals surface area contributed by atoms with Gasteiger partial charge in [0.2, 0.25) is 0 Å². The SMILES string of the molecule is OCc1cccn2c[c]nc12. The maximum Gasteiger partial charge on any atom is 0.143 e. The van der Waals surface area contributed by atoms with Crippen LogP contribution in [-0.4, -0.2) is 14.5 Å². The number of fused-ring (bicyclic) bond motifs is 1. The Balaban J connectivity index is 2.79. The van der Waals surface area contributed by atoms with Crippen molar-refractivity contribution in [1.29, 1.82) is 0 Å². The summed E-state index contributed by atoms with van der Waals surface area (Å²) in [6, 6.07) is 3.71. The third kappa shape index (κ3) is 0.897. The van der Waals surface area contributed by atoms with E-state index in [1.54, 1.807) is 6.20 Å². The van der Waals surface area contributed by atoms with Gasteiger partial charge in [-0.15, -0.1) is 0 Å². The first-order valence-electron chi connectivity index (χ1n) is 3.35. The third-order valence-corrected chi connectivity index (χ3v) is 1.61. The van der Waals surface area contributed by atoms with Gasteiger partial charge in [0.05, 0.1) is 6.61 Å². The summed E-state index contributed by atoms with van der Waals surface area (Å²) in [5, 5.41) is 8.89. The van der Waals surface area contributed by atoms with E-state index in [9.17, 15) is 0 Å². The van der Waals surface area contributed by atoms with Crippen LogP contribution in [0.25, 0.3) is 5.65 Å². The van der Waals surface area contributed by atoms with E-state index in [0.717, 1.165) is 11.2 Å². The minimum absolute atomic E-state index is 0.0230. The summed E-state index contributed by atoms with van der Waals surface area (Å²) < 4.78 is 1.82. The first kappa shape index (κ1) is 6.37. The highest BCUT2D eigenvalue weighted by molar-refractivity contribution is 5.46. The molecule has 0 spiro atoms. The van der Waals surface area contributed by atoms with E-state index in [-0.39, 0.29) is 6.61 Å². The molecular weight excluding hydrogens is 140 g/mol. The lowest BCUT2D eigenvalue weighted by molar-refractivity contribution is 0.282. The molecule has 11 heavy (non-hydrogen) atoms. The summed E-state index contributed by atoms with van der Waals surface area (Å²) in [6.07, 6.45) is 6.32. The summed E-state index contributed by atoms with van der Waals surface area (Å²) in [5.41, 5.74) is 1.60. The Morgan fingerprint density at radius 2 is 2.55 bits per heavy atom. The molecule has 3 heteroatoms. The van der Waals surface area contributed by atoms with Gasteiger partial charge in [0.1, 0.15) is 11.8 Å². The molecule has 0 bridgehead atoms. The van der Waals surface area contributed by atoms with Crippen molar-refractivity contribution in [1.82, 2.24) is 9.38 Å². The van der Waals surface area contributed by atoms with E-state index >= 15 is 0 Å². The van der Waals surface area contributed by atoms with Gasteiger partial charge in [0, 0.05) is 18.0 Å². The second-order valence-electron chi connectivity index (χ2n) is 2.29. The van der Waals surface area contributed by atoms with Gasteiger partial charge in [-0.1, -0.05) is 6.07 Å². The van der Waals surface area contributed by atoms with Gasteiger partial charge in [-0.05, 0) is 6.07 Å². The lowest BCUT2D eigenvalue weighted by Crippen LogP contribution is -1.90. The Morgan fingerprint density at radius 1 is 1.64 bits per heavy atom. The zero-order chi connectivity index (χ0) is 7.68. The van der Waals surface area contributed by atoms with E-state index in [2.05, 4.69) is 11.2 Å². The van der Waals surface area contributed by atoms with Crippen LogP contribution in [0.15, 0.2) is 24.5 Å². The van der Waals surface area contributed by atoms with Crippen molar-refractivity contribution in [3.8, 4) is 0 Å². The quantitative estimate of drug-likeness (QED) is 0.642. The van der Waals surface area contributed by atoms with E-state index in [1.807, 2.05) is 22.7 Å². The predicted molar refractivity (Wildman–Crippen MR) is 40.0 cm³/mol. The smallest absolute Gasteiger partial charge is 0.143 e. The number of aromatic nitrogens is 2. The van der Waals surface area contributed by atoms with Crippen molar-refractivity contribution in [3.05, 3.63) is 36.3 Å². The second kappa shape index (κ2) is 2.36. The van der Waals surface area contributed by atoms with E-state index < -0.39 is 0 Å². The average Bonchev–Trinajstić information content (AvgIpc) is 2.50. The second-order valence-corrected chi connectivity index (χ2v) is 2.29. The summed E-state index contributed by atoms with van der Waals surface area (Å²) in [7, 11) is 0. The standard InChI is InChI=1S/C8H7N2O/c11-6-7-2-1-4-10-5-3-9-8(7)10/h1-2,4-5,11H,6H2. The monoisotopic (exact) mass is 147 g/mol. The Kier molecular flexibility index (Phi) is 1.36. The number of pyridine rings is 1. The summed E-state index contributed by atoms with van der Waals surface area (Å²) in [4.78, 5) is 3.97. The Labute approximate surface area is 63.9 Å². The molecule has 0 aliphatic rings. The molecule has 0 amide bonds. The fourth-order valence-electron chi connectivity index (χ4n) is 1.07. The number of hydrogen-bond donors (Lipinski definition) is 1. The molecule has 2 rings (SSSR count). The molecule has 55 valence electrons. The lowest BCUT2D eigenvalue weighted by atomic mass is 10.3. The third-order valence-electron chi connectivity index (χ3n) is 1.61. The Hall–Kier alpha value is -1.35. The van der Waals surface area contributed by atoms with Crippen molar-refractivity contribution >= 4 is 5.65 Å². The highest BCUT2D eigenvalue weighted by Crippen LogP contribution is 2.06. The van der Waals surface area contributed by atoms with Gasteiger partial charge < -0.3 is 9.51 Å². The Bertz CT molecular complexity index is 367. The number of nitrogens with zero attached hydrogens (tertiary/aromatic N) is 2. The Morgan fingerprint density at radius 3 is 3.36 bits per heavy atom. The average molecular weight is 147 g/mol. The largest absolute Gasteiger partial charge is 0.392 e. The van der Waals surface area contributed by atoms with E-state index in [0.29, 0.717) is 0 Å². The molecular formula is C8H7N2O. The molecule has 0 aliphatic carbocycles. The number of aliphatic hydroxyl groups is 1. The summed E-state index contributed by atoms with van der Waals surface area (Å²) in [6.45, 7) is 0.0230. The number of imidazole rings is 1. The molecule has 0 saturated heterocycles. The van der Waals surface area contributed by atoms with Crippen LogP contribution in [0.3, 0.4) is 0 Å². The molecule has 0 aromatic carbocycles. The molecule has 0 unspecified atom stereocenters. The van der Waals surface area contributed by atoms with Crippen LogP contribution in [-0.2, 0) is 6.61 Å². The molecule has 3 nitrogen and oxygen atoms in total. The summed E-state index contributed by atoms with van der Waals surface area (Å²) >= 11 is 0. The minimum atomic E-state index is 0.0230. The molecule has 2 aromatic heterocycles. The molecule has 2 aromatic rings. The highest BCUT2D eigenvalue weighted by atomic mass is 16.3. The van der Waals surface area contributed by atoms with Crippen LogP contribution in [0.4, 0.5) is 0 Å². The van der Waals surface area contributed by atoms with Crippen LogP contribution in [0.5, 0.6) is 0 Å². The van der Waals surface area contributed by atoms with Crippen molar-refractivity contribution < 1.29 is 5.11 Å². The molecule has 2 heterocycles. The zero-order valence-corrected chi connectivity index (χ0v) is 5.86. The van der Waals surface area contributed by atoms with Gasteiger partial charge in [-0.2, -0.15) is 0 Å². The lowest BCUT2D eigenvalue weighted by Gasteiger charge is -1.97. The maximum atomic E-state index is 8.89. The maximum absolute atomic E-state index is 8.89. The van der Waals surface area contributed by atoms with Crippen molar-refractivity contribution in [2.75, 3.05) is 0 Å². The van der Waals surface area contributed by atoms with E-state index in [4.69, 9.17) is 5.11 Å². The van der Waals surface area contributed by atoms with E-state index in [1.165, 1.54) is 0 Å². The van der Waals surface area contributed by atoms with Crippen LogP contribution in [0.1, 0.15) is 5.56 Å². The van der Waals surface area contributed by atoms with Crippen molar-refractivity contribution in [2.45, 2.75) is 6.61 Å². The van der Waals surface area contributed by atoms with Gasteiger partial charge in [0.15, 0.2) is 0 Å². The normalized spacial score (nSPS) is 10.6. The number of rotatable bonds is 1. The van der Waals surface area contributed by atoms with Gasteiger partial charge in [-0.3, -0.25) is 0 Å². The zero-order valence-electron chi connectivity index (χ0n) is 5.86. The van der Waals surface area contributed by atoms with Crippen LogP contribution >= 0.6 is 0 Å². The van der Waals surface area contributed by atoms with Gasteiger partial charge in [0.25, 0.3) is 0 Å². The topological polar surface area (TPSA) is 37.5 Å². The van der Waals surface area contributed by atoms with Crippen molar-refractivity contribution in [3.63, 3.8) is 0 Å². The summed E-state index contributed by atoms with van der Waals surface area (Å²) in [5.74, 6) is 0. The van der Waals surface area contributed by atoms with Gasteiger partial charge in [-0.25, -0.2) is 4.98 Å². The van der Waals surface area contributed by atoms with Crippen LogP contribution in [0.2, 0.25) is 0 Å². The molecule has 1 radical (unpaired) electrons. The fourth-order valence-corrected chi connectivity index (χ4v) is 1.07. The first-order chi connectivity index (χ1) is 5.42. The minimum Gasteiger partial charge on any atom is -0.392 e. The molecule has 0 saturated carbocycles. The molecule has 0 aliphatic heterocycles.